The van der Waals surface area contributed by atoms with Crippen molar-refractivity contribution in [2.45, 2.75) is 6.42 Å². The highest BCUT2D eigenvalue weighted by atomic mass is 35.5. The van der Waals surface area contributed by atoms with Crippen LogP contribution < -0.4 is 15.1 Å². The van der Waals surface area contributed by atoms with E-state index >= 15 is 0 Å². The van der Waals surface area contributed by atoms with Crippen LogP contribution in [0.15, 0.2) is 42.6 Å². The van der Waals surface area contributed by atoms with E-state index in [2.05, 4.69) is 26.2 Å². The van der Waals surface area contributed by atoms with Crippen LogP contribution in [-0.2, 0) is 4.74 Å². The zero-order valence-corrected chi connectivity index (χ0v) is 16.3. The number of hydrogen-bond donors (Lipinski definition) is 1. The number of hydrogen-bond acceptors (Lipinski definition) is 5. The second kappa shape index (κ2) is 9.58. The highest BCUT2D eigenvalue weighted by molar-refractivity contribution is 6.30. The van der Waals surface area contributed by atoms with Gasteiger partial charge in [0, 0.05) is 57.2 Å². The molecule has 27 heavy (non-hydrogen) atoms. The van der Waals surface area contributed by atoms with E-state index in [4.69, 9.17) is 16.3 Å². The fourth-order valence-electron chi connectivity index (χ4n) is 3.11. The van der Waals surface area contributed by atoms with Gasteiger partial charge in [-0.25, -0.2) is 4.98 Å². The molecule has 1 fully saturated rings. The second-order valence-corrected chi connectivity index (χ2v) is 6.89. The maximum absolute atomic E-state index is 12.1. The molecule has 7 heteroatoms. The van der Waals surface area contributed by atoms with Crippen molar-refractivity contribution in [1.29, 1.82) is 0 Å². The number of aromatic nitrogens is 1. The lowest BCUT2D eigenvalue weighted by molar-refractivity contribution is 0.0943. The fourth-order valence-corrected chi connectivity index (χ4v) is 3.30. The van der Waals surface area contributed by atoms with Crippen LogP contribution >= 0.6 is 11.6 Å². The van der Waals surface area contributed by atoms with Gasteiger partial charge in [0.15, 0.2) is 0 Å². The summed E-state index contributed by atoms with van der Waals surface area (Å²) in [6.45, 7) is 4.85. The molecule has 0 bridgehead atoms. The van der Waals surface area contributed by atoms with Crippen LogP contribution in [0.25, 0.3) is 0 Å². The molecule has 2 aromatic rings. The molecule has 3 rings (SSSR count). The second-order valence-electron chi connectivity index (χ2n) is 6.46. The molecule has 1 aliphatic rings. The van der Waals surface area contributed by atoms with E-state index in [0.717, 1.165) is 49.0 Å². The average Bonchev–Trinajstić information content (AvgIpc) is 2.71. The van der Waals surface area contributed by atoms with Gasteiger partial charge in [0.05, 0.1) is 11.9 Å². The summed E-state index contributed by atoms with van der Waals surface area (Å²) in [5.41, 5.74) is 2.63. The Hall–Kier alpha value is -2.31. The Morgan fingerprint density at radius 3 is 2.52 bits per heavy atom. The van der Waals surface area contributed by atoms with Crippen molar-refractivity contribution in [3.05, 3.63) is 53.3 Å². The number of nitrogens with zero attached hydrogens (tertiary/aromatic N) is 3. The Morgan fingerprint density at radius 2 is 1.89 bits per heavy atom. The number of carbonyl (C=O) groups is 1. The molecule has 0 radical (unpaired) electrons. The van der Waals surface area contributed by atoms with Crippen LogP contribution in [-0.4, -0.2) is 57.3 Å². The molecule has 1 aromatic carbocycles. The minimum absolute atomic E-state index is 0.150. The minimum atomic E-state index is -0.150. The third-order valence-electron chi connectivity index (χ3n) is 4.61. The highest BCUT2D eigenvalue weighted by Gasteiger charge is 2.18. The molecule has 1 aromatic heterocycles. The number of benzene rings is 1. The van der Waals surface area contributed by atoms with Gasteiger partial charge in [-0.05, 0) is 36.8 Å². The summed E-state index contributed by atoms with van der Waals surface area (Å²) in [7, 11) is 1.65. The summed E-state index contributed by atoms with van der Waals surface area (Å²) in [6, 6.07) is 11.7. The molecule has 0 saturated carbocycles. The van der Waals surface area contributed by atoms with E-state index in [9.17, 15) is 4.79 Å². The standard InChI is InChI=1S/C20H25ClN4O2/c1-27-13-3-8-22-20(26)19-7-6-18(15-23-19)25-11-9-24(10-12-25)17-5-2-4-16(21)14-17/h2,4-7,14-15H,3,8-13H2,1H3,(H,22,26). The van der Waals surface area contributed by atoms with Gasteiger partial charge in [-0.2, -0.15) is 0 Å². The summed E-state index contributed by atoms with van der Waals surface area (Å²) in [5.74, 6) is -0.150. The number of carbonyl (C=O) groups excluding carboxylic acids is 1. The first-order chi connectivity index (χ1) is 13.2. The van der Waals surface area contributed by atoms with Crippen molar-refractivity contribution in [3.8, 4) is 0 Å². The smallest absolute Gasteiger partial charge is 0.269 e. The number of piperazine rings is 1. The lowest BCUT2D eigenvalue weighted by Crippen LogP contribution is -2.46. The Morgan fingerprint density at radius 1 is 1.15 bits per heavy atom. The monoisotopic (exact) mass is 388 g/mol. The van der Waals surface area contributed by atoms with E-state index in [0.29, 0.717) is 18.8 Å². The molecular formula is C20H25ClN4O2. The Bertz CT molecular complexity index is 746. The van der Waals surface area contributed by atoms with Crippen molar-refractivity contribution < 1.29 is 9.53 Å². The first-order valence-corrected chi connectivity index (χ1v) is 9.54. The zero-order chi connectivity index (χ0) is 19.1. The highest BCUT2D eigenvalue weighted by Crippen LogP contribution is 2.22. The molecule has 0 spiro atoms. The van der Waals surface area contributed by atoms with E-state index < -0.39 is 0 Å². The molecule has 0 atom stereocenters. The number of halogens is 1. The number of anilines is 2. The molecule has 0 aliphatic carbocycles. The van der Waals surface area contributed by atoms with E-state index in [1.54, 1.807) is 19.4 Å². The predicted molar refractivity (Wildman–Crippen MR) is 109 cm³/mol. The molecule has 1 aliphatic heterocycles. The van der Waals surface area contributed by atoms with Crippen LogP contribution in [0.1, 0.15) is 16.9 Å². The van der Waals surface area contributed by atoms with Gasteiger partial charge in [-0.3, -0.25) is 4.79 Å². The van der Waals surface area contributed by atoms with Gasteiger partial charge in [0.25, 0.3) is 5.91 Å². The first kappa shape index (κ1) is 19.5. The normalized spacial score (nSPS) is 14.3. The first-order valence-electron chi connectivity index (χ1n) is 9.16. The lowest BCUT2D eigenvalue weighted by Gasteiger charge is -2.37. The third-order valence-corrected chi connectivity index (χ3v) is 4.84. The SMILES string of the molecule is COCCCNC(=O)c1ccc(N2CCN(c3cccc(Cl)c3)CC2)cn1. The van der Waals surface area contributed by atoms with Crippen molar-refractivity contribution >= 4 is 28.9 Å². The molecule has 1 N–H and O–H groups in total. The Labute approximate surface area is 165 Å². The predicted octanol–water partition coefficient (Wildman–Crippen LogP) is 2.83. The largest absolute Gasteiger partial charge is 0.385 e. The molecule has 0 unspecified atom stereocenters. The number of pyridine rings is 1. The number of amides is 1. The van der Waals surface area contributed by atoms with Gasteiger partial charge in [-0.1, -0.05) is 17.7 Å². The van der Waals surface area contributed by atoms with Crippen LogP contribution in [0.2, 0.25) is 5.02 Å². The van der Waals surface area contributed by atoms with Gasteiger partial charge < -0.3 is 19.9 Å². The van der Waals surface area contributed by atoms with Crippen molar-refractivity contribution in [1.82, 2.24) is 10.3 Å². The van der Waals surface area contributed by atoms with Crippen LogP contribution in [0.3, 0.4) is 0 Å². The van der Waals surface area contributed by atoms with Gasteiger partial charge in [-0.15, -0.1) is 0 Å². The minimum Gasteiger partial charge on any atom is -0.385 e. The quantitative estimate of drug-likeness (QED) is 0.739. The molecule has 1 amide bonds. The third kappa shape index (κ3) is 5.34. The summed E-state index contributed by atoms with van der Waals surface area (Å²) < 4.78 is 4.97. The van der Waals surface area contributed by atoms with Gasteiger partial charge in [0.2, 0.25) is 0 Å². The van der Waals surface area contributed by atoms with Gasteiger partial charge in [0.1, 0.15) is 5.69 Å². The molecular weight excluding hydrogens is 364 g/mol. The maximum Gasteiger partial charge on any atom is 0.269 e. The van der Waals surface area contributed by atoms with Crippen LogP contribution in [0.4, 0.5) is 11.4 Å². The topological polar surface area (TPSA) is 57.7 Å². The lowest BCUT2D eigenvalue weighted by atomic mass is 10.2. The Kier molecular flexibility index (Phi) is 6.90. The van der Waals surface area contributed by atoms with Crippen LogP contribution in [0.5, 0.6) is 0 Å². The van der Waals surface area contributed by atoms with Crippen molar-refractivity contribution in [3.63, 3.8) is 0 Å². The fraction of sp³-hybridized carbons (Fsp3) is 0.400. The van der Waals surface area contributed by atoms with E-state index in [1.807, 2.05) is 24.3 Å². The number of nitrogens with one attached hydrogen (secondary N) is 1. The average molecular weight is 389 g/mol. The Balaban J connectivity index is 1.52. The van der Waals surface area contributed by atoms with Gasteiger partial charge >= 0.3 is 0 Å². The number of ether oxygens (including phenoxy) is 1. The summed E-state index contributed by atoms with van der Waals surface area (Å²) >= 11 is 6.09. The maximum atomic E-state index is 12.1. The molecule has 2 heterocycles. The van der Waals surface area contributed by atoms with Crippen molar-refractivity contribution in [2.24, 2.45) is 0 Å². The number of rotatable bonds is 7. The molecule has 6 nitrogen and oxygen atoms in total. The van der Waals surface area contributed by atoms with E-state index in [-0.39, 0.29) is 5.91 Å². The summed E-state index contributed by atoms with van der Waals surface area (Å²) in [4.78, 5) is 21.0. The summed E-state index contributed by atoms with van der Waals surface area (Å²) in [6.07, 6.45) is 2.57. The summed E-state index contributed by atoms with van der Waals surface area (Å²) in [5, 5.41) is 3.61. The molecule has 1 saturated heterocycles. The number of methoxy groups -OCH3 is 1. The van der Waals surface area contributed by atoms with Crippen molar-refractivity contribution in [2.75, 3.05) is 56.2 Å². The van der Waals surface area contributed by atoms with Crippen LogP contribution in [0, 0.1) is 0 Å². The van der Waals surface area contributed by atoms with E-state index in [1.165, 1.54) is 0 Å². The molecule has 144 valence electrons. The zero-order valence-electron chi connectivity index (χ0n) is 15.5.